The molecule has 1 amide bonds. The minimum atomic E-state index is -1.07. The number of piperidine rings is 1. The minimum absolute atomic E-state index is 0.0884. The van der Waals surface area contributed by atoms with E-state index in [0.29, 0.717) is 5.92 Å². The number of hydrogen-bond donors (Lipinski definition) is 1. The summed E-state index contributed by atoms with van der Waals surface area (Å²) in [6, 6.07) is 4.77. The fourth-order valence-corrected chi connectivity index (χ4v) is 3.32. The van der Waals surface area contributed by atoms with Gasteiger partial charge in [-0.2, -0.15) is 4.98 Å². The monoisotopic (exact) mass is 402 g/mol. The van der Waals surface area contributed by atoms with Crippen molar-refractivity contribution in [2.24, 2.45) is 5.92 Å². The molecule has 1 saturated heterocycles. The summed E-state index contributed by atoms with van der Waals surface area (Å²) in [4.78, 5) is 31.3. The number of nitrogens with one attached hydrogen (secondary N) is 1. The van der Waals surface area contributed by atoms with Crippen LogP contribution in [0.4, 0.5) is 20.3 Å². The van der Waals surface area contributed by atoms with Crippen LogP contribution in [0.15, 0.2) is 35.3 Å². The maximum Gasteiger partial charge on any atom is 0.352 e. The second kappa shape index (κ2) is 7.61. The lowest BCUT2D eigenvalue weighted by Gasteiger charge is -2.30. The molecule has 0 unspecified atom stereocenters. The first-order valence-corrected chi connectivity index (χ1v) is 9.37. The van der Waals surface area contributed by atoms with E-state index in [4.69, 9.17) is 0 Å². The van der Waals surface area contributed by atoms with E-state index >= 15 is 0 Å². The van der Waals surface area contributed by atoms with Crippen molar-refractivity contribution in [1.82, 2.24) is 19.2 Å². The molecule has 0 radical (unpaired) electrons. The highest BCUT2D eigenvalue weighted by molar-refractivity contribution is 5.90. The van der Waals surface area contributed by atoms with Gasteiger partial charge >= 0.3 is 5.69 Å². The van der Waals surface area contributed by atoms with Gasteiger partial charge in [-0.1, -0.05) is 6.92 Å². The highest BCUT2D eigenvalue weighted by Gasteiger charge is 2.19. The van der Waals surface area contributed by atoms with E-state index in [-0.39, 0.29) is 18.0 Å². The first-order chi connectivity index (χ1) is 13.9. The van der Waals surface area contributed by atoms with Crippen LogP contribution in [-0.4, -0.2) is 38.2 Å². The molecular formula is C19H20F2N6O2. The van der Waals surface area contributed by atoms with Gasteiger partial charge < -0.3 is 10.2 Å². The molecule has 152 valence electrons. The number of rotatable bonds is 4. The molecule has 3 heterocycles. The number of amides is 1. The summed E-state index contributed by atoms with van der Waals surface area (Å²) >= 11 is 0. The normalized spacial score (nSPS) is 15.1. The molecule has 1 aliphatic rings. The number of halogens is 2. The van der Waals surface area contributed by atoms with Crippen LogP contribution in [0.5, 0.6) is 0 Å². The molecule has 4 rings (SSSR count). The van der Waals surface area contributed by atoms with Crippen LogP contribution in [-0.2, 0) is 11.3 Å². The lowest BCUT2D eigenvalue weighted by atomic mass is 9.99. The van der Waals surface area contributed by atoms with Gasteiger partial charge in [0.25, 0.3) is 5.78 Å². The molecule has 2 aromatic heterocycles. The van der Waals surface area contributed by atoms with E-state index in [9.17, 15) is 18.4 Å². The third kappa shape index (κ3) is 3.96. The summed E-state index contributed by atoms with van der Waals surface area (Å²) in [5, 5.41) is 6.54. The Hall–Kier alpha value is -3.30. The van der Waals surface area contributed by atoms with Crippen molar-refractivity contribution in [3.05, 3.63) is 52.6 Å². The van der Waals surface area contributed by atoms with Crippen LogP contribution in [0.25, 0.3) is 5.78 Å². The maximum atomic E-state index is 13.3. The Bertz CT molecular complexity index is 1120. The number of aromatic nitrogens is 4. The van der Waals surface area contributed by atoms with E-state index in [1.807, 2.05) is 0 Å². The maximum absolute atomic E-state index is 13.3. The zero-order valence-corrected chi connectivity index (χ0v) is 15.8. The van der Waals surface area contributed by atoms with Gasteiger partial charge in [-0.05, 0) is 37.0 Å². The average molecular weight is 402 g/mol. The highest BCUT2D eigenvalue weighted by Crippen LogP contribution is 2.21. The van der Waals surface area contributed by atoms with Gasteiger partial charge in [-0.25, -0.2) is 22.7 Å². The molecule has 1 N–H and O–H groups in total. The van der Waals surface area contributed by atoms with E-state index in [1.54, 1.807) is 12.3 Å². The Morgan fingerprint density at radius 3 is 2.69 bits per heavy atom. The number of hydrogen-bond acceptors (Lipinski definition) is 5. The van der Waals surface area contributed by atoms with Gasteiger partial charge in [-0.15, -0.1) is 5.10 Å². The molecule has 1 fully saturated rings. The van der Waals surface area contributed by atoms with Crippen molar-refractivity contribution in [2.45, 2.75) is 26.3 Å². The SMILES string of the molecule is CC1CCN(c2ccn3c(=O)n(CC(=O)Nc4ccc(F)c(F)c4)nc3n2)CC1. The molecule has 3 aromatic rings. The number of fused-ring (bicyclic) bond motifs is 1. The summed E-state index contributed by atoms with van der Waals surface area (Å²) < 4.78 is 28.5. The first kappa shape index (κ1) is 19.0. The lowest BCUT2D eigenvalue weighted by Crippen LogP contribution is -2.33. The van der Waals surface area contributed by atoms with E-state index in [1.165, 1.54) is 10.5 Å². The molecule has 1 aromatic carbocycles. The number of benzene rings is 1. The summed E-state index contributed by atoms with van der Waals surface area (Å²) in [5.74, 6) is -1.04. The lowest BCUT2D eigenvalue weighted by molar-refractivity contribution is -0.117. The summed E-state index contributed by atoms with van der Waals surface area (Å²) in [6.45, 7) is 3.64. The van der Waals surface area contributed by atoms with E-state index in [0.717, 1.165) is 48.6 Å². The fourth-order valence-electron chi connectivity index (χ4n) is 3.32. The van der Waals surface area contributed by atoms with Crippen molar-refractivity contribution in [3.8, 4) is 0 Å². The Morgan fingerprint density at radius 1 is 1.21 bits per heavy atom. The summed E-state index contributed by atoms with van der Waals surface area (Å²) in [5.41, 5.74) is -0.419. The number of nitrogens with zero attached hydrogens (tertiary/aromatic N) is 5. The van der Waals surface area contributed by atoms with Crippen LogP contribution in [0, 0.1) is 17.6 Å². The Labute approximate surface area is 164 Å². The number of carbonyl (C=O) groups is 1. The molecule has 0 aliphatic carbocycles. The smallest absolute Gasteiger partial charge is 0.352 e. The quantitative estimate of drug-likeness (QED) is 0.722. The van der Waals surface area contributed by atoms with Crippen molar-refractivity contribution in [2.75, 3.05) is 23.3 Å². The molecule has 29 heavy (non-hydrogen) atoms. The van der Waals surface area contributed by atoms with Crippen LogP contribution >= 0.6 is 0 Å². The third-order valence-corrected chi connectivity index (χ3v) is 5.04. The van der Waals surface area contributed by atoms with Crippen molar-refractivity contribution >= 4 is 23.2 Å². The predicted octanol–water partition coefficient (Wildman–Crippen LogP) is 2.04. The zero-order chi connectivity index (χ0) is 20.5. The minimum Gasteiger partial charge on any atom is -0.356 e. The molecule has 0 saturated carbocycles. The van der Waals surface area contributed by atoms with E-state index in [2.05, 4.69) is 27.2 Å². The van der Waals surface area contributed by atoms with Crippen LogP contribution < -0.4 is 15.9 Å². The second-order valence-corrected chi connectivity index (χ2v) is 7.24. The molecule has 0 bridgehead atoms. The average Bonchev–Trinajstić information content (AvgIpc) is 3.00. The number of carbonyl (C=O) groups excluding carboxylic acids is 1. The third-order valence-electron chi connectivity index (χ3n) is 5.04. The molecule has 8 nitrogen and oxygen atoms in total. The molecule has 1 aliphatic heterocycles. The highest BCUT2D eigenvalue weighted by atomic mass is 19.2. The fraction of sp³-hybridized carbons (Fsp3) is 0.368. The van der Waals surface area contributed by atoms with Crippen molar-refractivity contribution in [3.63, 3.8) is 0 Å². The van der Waals surface area contributed by atoms with Gasteiger partial charge in [-0.3, -0.25) is 4.79 Å². The molecule has 0 atom stereocenters. The standard InChI is InChI=1S/C19H20F2N6O2/c1-12-4-7-25(8-5-12)16-6-9-26-18(23-16)24-27(19(26)29)11-17(28)22-13-2-3-14(20)15(21)10-13/h2-3,6,9-10,12H,4-5,7-8,11H2,1H3,(H,22,28). The molecular weight excluding hydrogens is 382 g/mol. The van der Waals surface area contributed by atoms with Crippen LogP contribution in [0.3, 0.4) is 0 Å². The van der Waals surface area contributed by atoms with Gasteiger partial charge in [0, 0.05) is 31.0 Å². The summed E-state index contributed by atoms with van der Waals surface area (Å²) in [7, 11) is 0. The van der Waals surface area contributed by atoms with Crippen LogP contribution in [0.1, 0.15) is 19.8 Å². The number of anilines is 2. The second-order valence-electron chi connectivity index (χ2n) is 7.24. The Kier molecular flexibility index (Phi) is 4.99. The van der Waals surface area contributed by atoms with Gasteiger partial charge in [0.15, 0.2) is 11.6 Å². The van der Waals surface area contributed by atoms with Crippen molar-refractivity contribution < 1.29 is 13.6 Å². The van der Waals surface area contributed by atoms with Gasteiger partial charge in [0.1, 0.15) is 12.4 Å². The topological polar surface area (TPSA) is 84.5 Å². The Morgan fingerprint density at radius 2 is 1.97 bits per heavy atom. The zero-order valence-electron chi connectivity index (χ0n) is 15.8. The predicted molar refractivity (Wildman–Crippen MR) is 103 cm³/mol. The Balaban J connectivity index is 1.51. The van der Waals surface area contributed by atoms with E-state index < -0.39 is 23.2 Å². The van der Waals surface area contributed by atoms with Gasteiger partial charge in [0.05, 0.1) is 0 Å². The summed E-state index contributed by atoms with van der Waals surface area (Å²) in [6.07, 6.45) is 3.76. The van der Waals surface area contributed by atoms with Crippen molar-refractivity contribution in [1.29, 1.82) is 0 Å². The van der Waals surface area contributed by atoms with Gasteiger partial charge in [0.2, 0.25) is 5.91 Å². The molecule has 10 heteroatoms. The molecule has 0 spiro atoms. The van der Waals surface area contributed by atoms with Crippen LogP contribution in [0.2, 0.25) is 0 Å². The largest absolute Gasteiger partial charge is 0.356 e. The first-order valence-electron chi connectivity index (χ1n) is 9.37.